The van der Waals surface area contributed by atoms with Crippen LogP contribution in [0.1, 0.15) is 16.1 Å². The molecule has 2 rings (SSSR count). The van der Waals surface area contributed by atoms with Gasteiger partial charge in [-0.05, 0) is 30.2 Å². The van der Waals surface area contributed by atoms with E-state index in [0.29, 0.717) is 24.5 Å². The molecule has 122 valence electrons. The molecule has 0 radical (unpaired) electrons. The first-order valence-electron chi connectivity index (χ1n) is 6.78. The zero-order chi connectivity index (χ0) is 16.8. The van der Waals surface area contributed by atoms with E-state index in [-0.39, 0.29) is 5.76 Å². The van der Waals surface area contributed by atoms with Gasteiger partial charge in [0.15, 0.2) is 17.3 Å². The van der Waals surface area contributed by atoms with E-state index in [2.05, 4.69) is 5.32 Å². The van der Waals surface area contributed by atoms with E-state index in [4.69, 9.17) is 13.9 Å². The molecule has 0 aliphatic heterocycles. The average molecular weight is 320 g/mol. The van der Waals surface area contributed by atoms with Crippen molar-refractivity contribution >= 4 is 11.8 Å². The predicted molar refractivity (Wildman–Crippen MR) is 80.9 cm³/mol. The van der Waals surface area contributed by atoms with Gasteiger partial charge in [-0.3, -0.25) is 14.9 Å². The van der Waals surface area contributed by atoms with Crippen LogP contribution in [0.2, 0.25) is 0 Å². The highest BCUT2D eigenvalue weighted by atomic mass is 16.6. The third-order valence-corrected chi connectivity index (χ3v) is 3.14. The summed E-state index contributed by atoms with van der Waals surface area (Å²) in [6.45, 7) is 0.350. The molecule has 0 aliphatic rings. The number of carbonyl (C=O) groups is 1. The van der Waals surface area contributed by atoms with E-state index < -0.39 is 16.7 Å². The quantitative estimate of drug-likeness (QED) is 0.619. The van der Waals surface area contributed by atoms with Gasteiger partial charge >= 0.3 is 5.88 Å². The maximum Gasteiger partial charge on any atom is 0.433 e. The molecule has 0 saturated carbocycles. The number of nitrogens with zero attached hydrogens (tertiary/aromatic N) is 1. The molecule has 0 saturated heterocycles. The molecule has 1 amide bonds. The SMILES string of the molecule is COc1ccc(CCNC(=O)c2ccc([N+](=O)[O-])o2)cc1OC. The summed E-state index contributed by atoms with van der Waals surface area (Å²) in [6, 6.07) is 7.88. The van der Waals surface area contributed by atoms with Crippen LogP contribution < -0.4 is 14.8 Å². The minimum absolute atomic E-state index is 0.0935. The van der Waals surface area contributed by atoms with Crippen LogP contribution in [0, 0.1) is 10.1 Å². The third kappa shape index (κ3) is 4.00. The Kier molecular flexibility index (Phi) is 5.19. The molecule has 0 unspecified atom stereocenters. The van der Waals surface area contributed by atoms with Crippen LogP contribution in [-0.4, -0.2) is 31.6 Å². The Morgan fingerprint density at radius 2 is 1.96 bits per heavy atom. The zero-order valence-electron chi connectivity index (χ0n) is 12.7. The van der Waals surface area contributed by atoms with Crippen LogP contribution >= 0.6 is 0 Å². The highest BCUT2D eigenvalue weighted by Gasteiger charge is 2.16. The van der Waals surface area contributed by atoms with Gasteiger partial charge in [-0.1, -0.05) is 6.07 Å². The highest BCUT2D eigenvalue weighted by molar-refractivity contribution is 5.91. The fraction of sp³-hybridized carbons (Fsp3) is 0.267. The Bertz CT molecular complexity index is 710. The first-order valence-corrected chi connectivity index (χ1v) is 6.78. The summed E-state index contributed by atoms with van der Waals surface area (Å²) in [5.74, 6) is 0.179. The first kappa shape index (κ1) is 16.3. The second kappa shape index (κ2) is 7.30. The Hall–Kier alpha value is -3.03. The average Bonchev–Trinajstić information content (AvgIpc) is 3.05. The minimum atomic E-state index is -0.694. The molecule has 8 heteroatoms. The van der Waals surface area contributed by atoms with Crippen molar-refractivity contribution in [3.8, 4) is 11.5 Å². The normalized spacial score (nSPS) is 10.2. The maximum atomic E-state index is 11.8. The Morgan fingerprint density at radius 1 is 1.22 bits per heavy atom. The van der Waals surface area contributed by atoms with Gasteiger partial charge < -0.3 is 19.2 Å². The molecule has 1 aromatic heterocycles. The molecule has 1 aromatic carbocycles. The first-order chi connectivity index (χ1) is 11.0. The smallest absolute Gasteiger partial charge is 0.433 e. The van der Waals surface area contributed by atoms with Crippen molar-refractivity contribution in [2.75, 3.05) is 20.8 Å². The van der Waals surface area contributed by atoms with Crippen LogP contribution in [0.15, 0.2) is 34.7 Å². The number of hydrogen-bond donors (Lipinski definition) is 1. The molecule has 1 heterocycles. The van der Waals surface area contributed by atoms with E-state index in [1.807, 2.05) is 12.1 Å². The van der Waals surface area contributed by atoms with Crippen LogP contribution in [0.5, 0.6) is 11.5 Å². The molecule has 0 aliphatic carbocycles. The van der Waals surface area contributed by atoms with Gasteiger partial charge in [0, 0.05) is 6.54 Å². The van der Waals surface area contributed by atoms with Crippen molar-refractivity contribution < 1.29 is 23.6 Å². The van der Waals surface area contributed by atoms with Gasteiger partial charge in [-0.25, -0.2) is 0 Å². The number of nitro groups is 1. The third-order valence-electron chi connectivity index (χ3n) is 3.14. The van der Waals surface area contributed by atoms with Gasteiger partial charge in [-0.15, -0.1) is 0 Å². The number of methoxy groups -OCH3 is 2. The van der Waals surface area contributed by atoms with E-state index in [0.717, 1.165) is 11.6 Å². The number of rotatable bonds is 7. The van der Waals surface area contributed by atoms with E-state index in [9.17, 15) is 14.9 Å². The summed E-state index contributed by atoms with van der Waals surface area (Å²) in [4.78, 5) is 21.6. The number of carbonyl (C=O) groups excluding carboxylic acids is 1. The lowest BCUT2D eigenvalue weighted by Crippen LogP contribution is -2.25. The maximum absolute atomic E-state index is 11.8. The van der Waals surface area contributed by atoms with Gasteiger partial charge in [0.05, 0.1) is 20.3 Å². The van der Waals surface area contributed by atoms with E-state index in [1.165, 1.54) is 6.07 Å². The standard InChI is InChI=1S/C15H16N2O6/c1-21-11-4-3-10(9-13(11)22-2)7-8-16-15(18)12-5-6-14(23-12)17(19)20/h3-6,9H,7-8H2,1-2H3,(H,16,18). The molecule has 0 spiro atoms. The molecule has 8 nitrogen and oxygen atoms in total. The fourth-order valence-corrected chi connectivity index (χ4v) is 1.99. The van der Waals surface area contributed by atoms with Crippen LogP contribution in [-0.2, 0) is 6.42 Å². The monoisotopic (exact) mass is 320 g/mol. The Morgan fingerprint density at radius 3 is 2.57 bits per heavy atom. The van der Waals surface area contributed by atoms with Crippen LogP contribution in [0.4, 0.5) is 5.88 Å². The molecule has 0 atom stereocenters. The number of amides is 1. The summed E-state index contributed by atoms with van der Waals surface area (Å²) in [7, 11) is 3.10. The van der Waals surface area contributed by atoms with Crippen molar-refractivity contribution in [1.82, 2.24) is 5.32 Å². The second-order valence-corrected chi connectivity index (χ2v) is 4.59. The Labute approximate surface area is 132 Å². The summed E-state index contributed by atoms with van der Waals surface area (Å²) in [5.41, 5.74) is 0.952. The van der Waals surface area contributed by atoms with Gasteiger partial charge in [0.2, 0.25) is 0 Å². The number of nitrogens with one attached hydrogen (secondary N) is 1. The van der Waals surface area contributed by atoms with Gasteiger partial charge in [-0.2, -0.15) is 0 Å². The summed E-state index contributed by atoms with van der Waals surface area (Å²) in [6.07, 6.45) is 0.564. The zero-order valence-corrected chi connectivity index (χ0v) is 12.7. The highest BCUT2D eigenvalue weighted by Crippen LogP contribution is 2.27. The lowest BCUT2D eigenvalue weighted by molar-refractivity contribution is -0.402. The van der Waals surface area contributed by atoms with Crippen LogP contribution in [0.3, 0.4) is 0 Å². The topological polar surface area (TPSA) is 104 Å². The van der Waals surface area contributed by atoms with E-state index in [1.54, 1.807) is 20.3 Å². The van der Waals surface area contributed by atoms with Gasteiger partial charge in [0.25, 0.3) is 5.91 Å². The molecule has 23 heavy (non-hydrogen) atoms. The van der Waals surface area contributed by atoms with Crippen molar-refractivity contribution in [1.29, 1.82) is 0 Å². The molecule has 0 bridgehead atoms. The van der Waals surface area contributed by atoms with E-state index >= 15 is 0 Å². The summed E-state index contributed by atoms with van der Waals surface area (Å²) < 4.78 is 15.2. The largest absolute Gasteiger partial charge is 0.493 e. The minimum Gasteiger partial charge on any atom is -0.493 e. The van der Waals surface area contributed by atoms with Gasteiger partial charge in [0.1, 0.15) is 4.92 Å². The van der Waals surface area contributed by atoms with Crippen molar-refractivity contribution in [3.05, 3.63) is 51.8 Å². The van der Waals surface area contributed by atoms with Crippen molar-refractivity contribution in [2.24, 2.45) is 0 Å². The second-order valence-electron chi connectivity index (χ2n) is 4.59. The number of ether oxygens (including phenoxy) is 2. The Balaban J connectivity index is 1.91. The lowest BCUT2D eigenvalue weighted by atomic mass is 10.1. The molecule has 1 N–H and O–H groups in total. The molecule has 2 aromatic rings. The molecule has 0 fully saturated rings. The van der Waals surface area contributed by atoms with Crippen LogP contribution in [0.25, 0.3) is 0 Å². The molecular weight excluding hydrogens is 304 g/mol. The molecular formula is C15H16N2O6. The van der Waals surface area contributed by atoms with Crippen molar-refractivity contribution in [3.63, 3.8) is 0 Å². The lowest BCUT2D eigenvalue weighted by Gasteiger charge is -2.09. The summed E-state index contributed by atoms with van der Waals surface area (Å²) in [5, 5.41) is 13.1. The predicted octanol–water partition coefficient (Wildman–Crippen LogP) is 2.18. The fourth-order valence-electron chi connectivity index (χ4n) is 1.99. The number of hydrogen-bond acceptors (Lipinski definition) is 6. The summed E-state index contributed by atoms with van der Waals surface area (Å²) >= 11 is 0. The number of benzene rings is 1. The van der Waals surface area contributed by atoms with Crippen molar-refractivity contribution in [2.45, 2.75) is 6.42 Å². The number of furan rings is 1.